The van der Waals surface area contributed by atoms with Crippen LogP contribution < -0.4 is 4.74 Å². The van der Waals surface area contributed by atoms with Crippen LogP contribution in [0.1, 0.15) is 26.4 Å². The zero-order valence-corrected chi connectivity index (χ0v) is 20.3. The van der Waals surface area contributed by atoms with Gasteiger partial charge in [0.05, 0.1) is 44.2 Å². The molecule has 0 saturated carbocycles. The van der Waals surface area contributed by atoms with Crippen molar-refractivity contribution in [1.29, 1.82) is 0 Å². The molecule has 0 aliphatic heterocycles. The Morgan fingerprint density at radius 2 is 1.74 bits per heavy atom. The number of nitrogens with zero attached hydrogens (tertiary/aromatic N) is 4. The molecule has 0 aliphatic carbocycles. The van der Waals surface area contributed by atoms with Crippen molar-refractivity contribution < 1.29 is 23.8 Å². The van der Waals surface area contributed by atoms with Crippen LogP contribution in [-0.2, 0) is 16.0 Å². The van der Waals surface area contributed by atoms with Gasteiger partial charge in [0, 0.05) is 17.3 Å². The molecule has 34 heavy (non-hydrogen) atoms. The van der Waals surface area contributed by atoms with Crippen molar-refractivity contribution in [1.82, 2.24) is 19.6 Å². The van der Waals surface area contributed by atoms with Crippen LogP contribution in [-0.4, -0.2) is 52.8 Å². The van der Waals surface area contributed by atoms with Gasteiger partial charge in [-0.2, -0.15) is 10.2 Å². The van der Waals surface area contributed by atoms with Gasteiger partial charge in [0.1, 0.15) is 17.0 Å². The van der Waals surface area contributed by atoms with Gasteiger partial charge in [-0.1, -0.05) is 18.2 Å². The highest BCUT2D eigenvalue weighted by Crippen LogP contribution is 2.32. The first-order valence-electron chi connectivity index (χ1n) is 10.2. The van der Waals surface area contributed by atoms with Crippen LogP contribution in [0.3, 0.4) is 0 Å². The summed E-state index contributed by atoms with van der Waals surface area (Å²) in [4.78, 5) is 25.6. The number of aromatic nitrogens is 4. The van der Waals surface area contributed by atoms with Crippen LogP contribution in [0.5, 0.6) is 5.75 Å². The van der Waals surface area contributed by atoms with E-state index < -0.39 is 11.9 Å². The summed E-state index contributed by atoms with van der Waals surface area (Å²) in [5.74, 6) is -0.769. The molecular weight excluding hydrogens is 504 g/mol. The van der Waals surface area contributed by atoms with Gasteiger partial charge in [-0.05, 0) is 46.3 Å². The van der Waals surface area contributed by atoms with Crippen molar-refractivity contribution in [2.24, 2.45) is 0 Å². The van der Waals surface area contributed by atoms with Crippen LogP contribution in [0, 0.1) is 0 Å². The highest BCUT2D eigenvalue weighted by Gasteiger charge is 2.31. The quantitative estimate of drug-likeness (QED) is 0.335. The number of methoxy groups -OCH3 is 3. The number of halogens is 1. The van der Waals surface area contributed by atoms with E-state index >= 15 is 0 Å². The number of benzene rings is 2. The normalized spacial score (nSPS) is 10.7. The van der Waals surface area contributed by atoms with E-state index in [2.05, 4.69) is 26.1 Å². The zero-order valence-electron chi connectivity index (χ0n) is 18.7. The zero-order chi connectivity index (χ0) is 24.2. The van der Waals surface area contributed by atoms with Crippen LogP contribution >= 0.6 is 15.9 Å². The number of rotatable bonds is 7. The van der Waals surface area contributed by atoms with Crippen LogP contribution in [0.2, 0.25) is 0 Å². The number of para-hydroxylation sites is 1. The highest BCUT2D eigenvalue weighted by atomic mass is 79.9. The summed E-state index contributed by atoms with van der Waals surface area (Å²) in [6, 6.07) is 14.4. The lowest BCUT2D eigenvalue weighted by atomic mass is 10.0. The molecule has 2 aromatic heterocycles. The maximum Gasteiger partial charge on any atom is 0.357 e. The third kappa shape index (κ3) is 4.44. The fourth-order valence-electron chi connectivity index (χ4n) is 3.61. The summed E-state index contributed by atoms with van der Waals surface area (Å²) < 4.78 is 19.5. The molecule has 9 nitrogen and oxygen atoms in total. The monoisotopic (exact) mass is 524 g/mol. The summed E-state index contributed by atoms with van der Waals surface area (Å²) in [6.45, 7) is 0.416. The van der Waals surface area contributed by atoms with Crippen molar-refractivity contribution in [2.45, 2.75) is 6.54 Å². The van der Waals surface area contributed by atoms with Gasteiger partial charge in [-0.3, -0.25) is 4.68 Å². The Morgan fingerprint density at radius 1 is 1.00 bits per heavy atom. The van der Waals surface area contributed by atoms with Gasteiger partial charge in [0.2, 0.25) is 0 Å². The standard InChI is InChI=1S/C24H21BrN4O5/c1-32-19-10-9-15(11-16(19)13-28-14-17(25)12-26-28)21-20(23(30)33-2)22(24(31)34-3)29(27-21)18-7-5-4-6-8-18/h4-12,14H,13H2,1-3H3. The summed E-state index contributed by atoms with van der Waals surface area (Å²) in [7, 11) is 4.08. The van der Waals surface area contributed by atoms with E-state index in [9.17, 15) is 9.59 Å². The number of esters is 2. The second kappa shape index (κ2) is 9.92. The first kappa shape index (κ1) is 23.2. The van der Waals surface area contributed by atoms with Gasteiger partial charge >= 0.3 is 11.9 Å². The summed E-state index contributed by atoms with van der Waals surface area (Å²) in [6.07, 6.45) is 3.53. The molecule has 4 aromatic rings. The molecule has 0 amide bonds. The van der Waals surface area contributed by atoms with Gasteiger partial charge in [-0.15, -0.1) is 0 Å². The molecule has 0 atom stereocenters. The molecule has 0 fully saturated rings. The van der Waals surface area contributed by atoms with E-state index in [0.717, 1.165) is 10.0 Å². The first-order valence-corrected chi connectivity index (χ1v) is 11.0. The highest BCUT2D eigenvalue weighted by molar-refractivity contribution is 9.10. The molecule has 4 rings (SSSR count). The predicted molar refractivity (Wildman–Crippen MR) is 127 cm³/mol. The molecule has 0 N–H and O–H groups in total. The minimum absolute atomic E-state index is 0.0103. The fraction of sp³-hybridized carbons (Fsp3) is 0.167. The Kier molecular flexibility index (Phi) is 6.78. The molecule has 0 bridgehead atoms. The number of hydrogen-bond acceptors (Lipinski definition) is 7. The Hall–Kier alpha value is -3.92. The maximum atomic E-state index is 12.9. The first-order chi connectivity index (χ1) is 16.5. The Labute approximate surface area is 204 Å². The lowest BCUT2D eigenvalue weighted by molar-refractivity contribution is 0.0549. The van der Waals surface area contributed by atoms with Crippen LogP contribution in [0.25, 0.3) is 16.9 Å². The Morgan fingerprint density at radius 3 is 2.35 bits per heavy atom. The van der Waals surface area contributed by atoms with E-state index in [1.807, 2.05) is 30.5 Å². The predicted octanol–water partition coefficient (Wildman–Crippen LogP) is 4.13. The number of ether oxygens (including phenoxy) is 3. The van der Waals surface area contributed by atoms with Gasteiger partial charge in [0.15, 0.2) is 5.69 Å². The van der Waals surface area contributed by atoms with Crippen molar-refractivity contribution in [3.63, 3.8) is 0 Å². The summed E-state index contributed by atoms with van der Waals surface area (Å²) in [5, 5.41) is 8.94. The topological polar surface area (TPSA) is 97.5 Å². The average Bonchev–Trinajstić information content (AvgIpc) is 3.47. The molecule has 174 valence electrons. The Balaban J connectivity index is 1.93. The molecule has 0 saturated heterocycles. The molecule has 0 unspecified atom stereocenters. The molecular formula is C24H21BrN4O5. The fourth-order valence-corrected chi connectivity index (χ4v) is 3.93. The largest absolute Gasteiger partial charge is 0.496 e. The lowest BCUT2D eigenvalue weighted by Gasteiger charge is -2.11. The van der Waals surface area contributed by atoms with Crippen molar-refractivity contribution in [2.75, 3.05) is 21.3 Å². The van der Waals surface area contributed by atoms with Crippen LogP contribution in [0.15, 0.2) is 65.4 Å². The molecule has 0 aliphatic rings. The van der Waals surface area contributed by atoms with E-state index in [0.29, 0.717) is 23.5 Å². The average molecular weight is 525 g/mol. The SMILES string of the molecule is COC(=O)c1c(-c2ccc(OC)c(Cn3cc(Br)cn3)c2)nn(-c2ccccc2)c1C(=O)OC. The summed E-state index contributed by atoms with van der Waals surface area (Å²) >= 11 is 3.40. The maximum absolute atomic E-state index is 12.9. The summed E-state index contributed by atoms with van der Waals surface area (Å²) in [5.41, 5.74) is 2.26. The van der Waals surface area contributed by atoms with E-state index in [1.54, 1.807) is 42.3 Å². The number of hydrogen-bond donors (Lipinski definition) is 0. The van der Waals surface area contributed by atoms with Crippen molar-refractivity contribution in [3.8, 4) is 22.7 Å². The third-order valence-electron chi connectivity index (χ3n) is 5.14. The smallest absolute Gasteiger partial charge is 0.357 e. The van der Waals surface area contributed by atoms with E-state index in [1.165, 1.54) is 18.9 Å². The minimum atomic E-state index is -0.710. The molecule has 0 radical (unpaired) electrons. The minimum Gasteiger partial charge on any atom is -0.496 e. The third-order valence-corrected chi connectivity index (χ3v) is 5.55. The molecule has 10 heteroatoms. The van der Waals surface area contributed by atoms with Crippen molar-refractivity contribution >= 4 is 27.9 Å². The number of carbonyl (C=O) groups is 2. The van der Waals surface area contributed by atoms with E-state index in [4.69, 9.17) is 14.2 Å². The van der Waals surface area contributed by atoms with Gasteiger partial charge < -0.3 is 14.2 Å². The van der Waals surface area contributed by atoms with Crippen LogP contribution in [0.4, 0.5) is 0 Å². The molecule has 2 heterocycles. The Bertz CT molecular complexity index is 1350. The molecule has 0 spiro atoms. The van der Waals surface area contributed by atoms with Gasteiger partial charge in [-0.25, -0.2) is 14.3 Å². The lowest BCUT2D eigenvalue weighted by Crippen LogP contribution is -2.15. The van der Waals surface area contributed by atoms with Crippen molar-refractivity contribution in [3.05, 3.63) is 82.2 Å². The van der Waals surface area contributed by atoms with E-state index in [-0.39, 0.29) is 17.0 Å². The number of carbonyl (C=O) groups excluding carboxylic acids is 2. The van der Waals surface area contributed by atoms with Gasteiger partial charge in [0.25, 0.3) is 0 Å². The molecule has 2 aromatic carbocycles. The second-order valence-corrected chi connectivity index (χ2v) is 8.10. The second-order valence-electron chi connectivity index (χ2n) is 7.19.